The number of nitrogens with zero attached hydrogens (tertiary/aromatic N) is 1. The maximum atomic E-state index is 12.0. The molecule has 0 spiro atoms. The monoisotopic (exact) mass is 291 g/mol. The molecule has 21 heavy (non-hydrogen) atoms. The van der Waals surface area contributed by atoms with Crippen LogP contribution < -0.4 is 11.1 Å². The number of oxime groups is 1. The molecular weight excluding hydrogens is 266 g/mol. The van der Waals surface area contributed by atoms with Gasteiger partial charge < -0.3 is 16.3 Å². The van der Waals surface area contributed by atoms with Gasteiger partial charge >= 0.3 is 0 Å². The summed E-state index contributed by atoms with van der Waals surface area (Å²) in [6.07, 6.45) is 6.03. The van der Waals surface area contributed by atoms with Crippen LogP contribution in [0.25, 0.3) is 0 Å². The lowest BCUT2D eigenvalue weighted by atomic mass is 10.1. The molecule has 0 aromatic heterocycles. The second-order valence-electron chi connectivity index (χ2n) is 5.20. The van der Waals surface area contributed by atoms with Gasteiger partial charge in [-0.2, -0.15) is 0 Å². The van der Waals surface area contributed by atoms with Crippen LogP contribution in [0.15, 0.2) is 23.4 Å². The molecule has 0 heterocycles. The molecule has 5 nitrogen and oxygen atoms in total. The smallest absolute Gasteiger partial charge is 0.224 e. The second-order valence-corrected chi connectivity index (χ2v) is 5.20. The summed E-state index contributed by atoms with van der Waals surface area (Å²) in [5.41, 5.74) is 7.68. The lowest BCUT2D eigenvalue weighted by Crippen LogP contribution is -2.20. The van der Waals surface area contributed by atoms with E-state index in [4.69, 9.17) is 10.9 Å². The molecule has 1 rings (SSSR count). The Balaban J connectivity index is 2.62. The van der Waals surface area contributed by atoms with E-state index in [1.54, 1.807) is 6.07 Å². The second kappa shape index (κ2) is 9.00. The number of carbonyl (C=O) groups excluding carboxylic acids is 1. The number of unbranched alkanes of at least 4 members (excludes halogenated alkanes) is 4. The molecule has 0 bridgehead atoms. The highest BCUT2D eigenvalue weighted by atomic mass is 16.4. The molecular formula is C16H25N3O2. The lowest BCUT2D eigenvalue weighted by Gasteiger charge is -2.12. The summed E-state index contributed by atoms with van der Waals surface area (Å²) < 4.78 is 0. The van der Waals surface area contributed by atoms with Crippen molar-refractivity contribution in [3.8, 4) is 0 Å². The number of rotatable bonds is 8. The number of aryl methyl sites for hydroxylation is 1. The number of hydrogen-bond acceptors (Lipinski definition) is 3. The average molecular weight is 291 g/mol. The molecule has 1 aromatic rings. The van der Waals surface area contributed by atoms with Gasteiger partial charge in [0.05, 0.1) is 5.69 Å². The van der Waals surface area contributed by atoms with E-state index in [0.717, 1.165) is 18.4 Å². The van der Waals surface area contributed by atoms with Crippen LogP contribution in [0.5, 0.6) is 0 Å². The number of anilines is 1. The van der Waals surface area contributed by atoms with Crippen molar-refractivity contribution in [2.75, 3.05) is 5.32 Å². The number of amides is 1. The van der Waals surface area contributed by atoms with Crippen molar-refractivity contribution in [1.29, 1.82) is 0 Å². The molecule has 1 amide bonds. The van der Waals surface area contributed by atoms with Crippen LogP contribution in [-0.4, -0.2) is 17.0 Å². The minimum absolute atomic E-state index is 0.00588. The predicted octanol–water partition coefficient (Wildman–Crippen LogP) is 3.39. The van der Waals surface area contributed by atoms with Crippen molar-refractivity contribution in [3.05, 3.63) is 29.3 Å². The molecule has 0 saturated heterocycles. The maximum Gasteiger partial charge on any atom is 0.224 e. The van der Waals surface area contributed by atoms with Gasteiger partial charge in [-0.25, -0.2) is 0 Å². The molecule has 0 fully saturated rings. The summed E-state index contributed by atoms with van der Waals surface area (Å²) >= 11 is 0. The summed E-state index contributed by atoms with van der Waals surface area (Å²) in [5.74, 6) is -0.0320. The van der Waals surface area contributed by atoms with Gasteiger partial charge in [-0.05, 0) is 25.0 Å². The molecule has 5 heteroatoms. The summed E-state index contributed by atoms with van der Waals surface area (Å²) in [7, 11) is 0. The third kappa shape index (κ3) is 5.45. The first-order valence-electron chi connectivity index (χ1n) is 7.47. The van der Waals surface area contributed by atoms with Gasteiger partial charge in [0.15, 0.2) is 5.84 Å². The molecule has 1 aromatic carbocycles. The Hall–Kier alpha value is -2.04. The van der Waals surface area contributed by atoms with E-state index in [-0.39, 0.29) is 11.7 Å². The van der Waals surface area contributed by atoms with Gasteiger partial charge in [0, 0.05) is 12.0 Å². The fourth-order valence-corrected chi connectivity index (χ4v) is 2.26. The maximum absolute atomic E-state index is 12.0. The van der Waals surface area contributed by atoms with E-state index in [0.29, 0.717) is 17.7 Å². The fraction of sp³-hybridized carbons (Fsp3) is 0.500. The Morgan fingerprint density at radius 2 is 2.00 bits per heavy atom. The van der Waals surface area contributed by atoms with Crippen LogP contribution in [0.3, 0.4) is 0 Å². The molecule has 116 valence electrons. The molecule has 0 aliphatic rings. The Morgan fingerprint density at radius 3 is 2.67 bits per heavy atom. The van der Waals surface area contributed by atoms with Crippen molar-refractivity contribution >= 4 is 17.4 Å². The zero-order chi connectivity index (χ0) is 15.7. The van der Waals surface area contributed by atoms with Gasteiger partial charge in [0.2, 0.25) is 5.91 Å². The molecule has 0 unspecified atom stereocenters. The minimum atomic E-state index is -0.0379. The number of carbonyl (C=O) groups is 1. The first kappa shape index (κ1) is 17.0. The van der Waals surface area contributed by atoms with Crippen LogP contribution in [0.1, 0.15) is 56.6 Å². The van der Waals surface area contributed by atoms with Crippen molar-refractivity contribution in [1.82, 2.24) is 0 Å². The summed E-state index contributed by atoms with van der Waals surface area (Å²) in [5, 5.41) is 14.7. The van der Waals surface area contributed by atoms with Gasteiger partial charge in [0.1, 0.15) is 0 Å². The third-order valence-corrected chi connectivity index (χ3v) is 3.42. The van der Waals surface area contributed by atoms with Gasteiger partial charge in [-0.1, -0.05) is 49.9 Å². The SMILES string of the molecule is CCCCCCCC(=O)Nc1cccc(C)c1/C(N)=N/O. The molecule has 0 radical (unpaired) electrons. The minimum Gasteiger partial charge on any atom is -0.409 e. The Labute approximate surface area is 126 Å². The lowest BCUT2D eigenvalue weighted by molar-refractivity contribution is -0.116. The summed E-state index contributed by atoms with van der Waals surface area (Å²) in [4.78, 5) is 12.0. The van der Waals surface area contributed by atoms with Crippen LogP contribution in [0.2, 0.25) is 0 Å². The Bertz CT molecular complexity index is 498. The topological polar surface area (TPSA) is 87.7 Å². The highest BCUT2D eigenvalue weighted by Gasteiger charge is 2.12. The zero-order valence-corrected chi connectivity index (χ0v) is 12.9. The van der Waals surface area contributed by atoms with Crippen molar-refractivity contribution in [3.63, 3.8) is 0 Å². The highest BCUT2D eigenvalue weighted by Crippen LogP contribution is 2.20. The largest absolute Gasteiger partial charge is 0.409 e. The Morgan fingerprint density at radius 1 is 1.29 bits per heavy atom. The average Bonchev–Trinajstić information content (AvgIpc) is 2.46. The van der Waals surface area contributed by atoms with E-state index in [1.165, 1.54) is 19.3 Å². The van der Waals surface area contributed by atoms with Crippen LogP contribution in [0, 0.1) is 6.92 Å². The number of nitrogens with one attached hydrogen (secondary N) is 1. The van der Waals surface area contributed by atoms with Crippen molar-refractivity contribution < 1.29 is 10.0 Å². The van der Waals surface area contributed by atoms with E-state index < -0.39 is 0 Å². The normalized spacial score (nSPS) is 11.4. The fourth-order valence-electron chi connectivity index (χ4n) is 2.26. The van der Waals surface area contributed by atoms with E-state index >= 15 is 0 Å². The molecule has 0 aliphatic heterocycles. The van der Waals surface area contributed by atoms with Crippen LogP contribution >= 0.6 is 0 Å². The van der Waals surface area contributed by atoms with Gasteiger partial charge in [-0.3, -0.25) is 4.79 Å². The van der Waals surface area contributed by atoms with E-state index in [9.17, 15) is 4.79 Å². The molecule has 0 atom stereocenters. The number of hydrogen-bond donors (Lipinski definition) is 3. The van der Waals surface area contributed by atoms with Gasteiger partial charge in [0.25, 0.3) is 0 Å². The van der Waals surface area contributed by atoms with Crippen LogP contribution in [0.4, 0.5) is 5.69 Å². The predicted molar refractivity (Wildman–Crippen MR) is 85.7 cm³/mol. The summed E-state index contributed by atoms with van der Waals surface area (Å²) in [6.45, 7) is 4.02. The van der Waals surface area contributed by atoms with E-state index in [2.05, 4.69) is 17.4 Å². The van der Waals surface area contributed by atoms with E-state index in [1.807, 2.05) is 19.1 Å². The van der Waals surface area contributed by atoms with Gasteiger partial charge in [-0.15, -0.1) is 0 Å². The molecule has 0 aliphatic carbocycles. The zero-order valence-electron chi connectivity index (χ0n) is 12.9. The number of benzene rings is 1. The highest BCUT2D eigenvalue weighted by molar-refractivity contribution is 6.06. The number of nitrogens with two attached hydrogens (primary N) is 1. The first-order valence-corrected chi connectivity index (χ1v) is 7.47. The van der Waals surface area contributed by atoms with Crippen LogP contribution in [-0.2, 0) is 4.79 Å². The van der Waals surface area contributed by atoms with Crippen molar-refractivity contribution in [2.45, 2.75) is 52.4 Å². The standard InChI is InChI=1S/C16H25N3O2/c1-3-4-5-6-7-11-14(20)18-13-10-8-9-12(2)15(13)16(17)19-21/h8-10,21H,3-7,11H2,1-2H3,(H2,17,19)(H,18,20). The van der Waals surface area contributed by atoms with Crippen molar-refractivity contribution in [2.24, 2.45) is 10.9 Å². The molecule has 4 N–H and O–H groups in total. The molecule has 0 saturated carbocycles. The summed E-state index contributed by atoms with van der Waals surface area (Å²) in [6, 6.07) is 5.45. The first-order chi connectivity index (χ1) is 10.1. The Kier molecular flexibility index (Phi) is 7.29. The quantitative estimate of drug-likeness (QED) is 0.225. The third-order valence-electron chi connectivity index (χ3n) is 3.42. The number of amidine groups is 1.